The predicted molar refractivity (Wildman–Crippen MR) is 193 cm³/mol. The summed E-state index contributed by atoms with van der Waals surface area (Å²) in [4.78, 5) is 19.4. The van der Waals surface area contributed by atoms with Gasteiger partial charge in [-0.15, -0.1) is 11.3 Å². The van der Waals surface area contributed by atoms with E-state index in [-0.39, 0.29) is 16.7 Å². The molecule has 3 aliphatic rings. The van der Waals surface area contributed by atoms with Crippen LogP contribution in [0.3, 0.4) is 0 Å². The van der Waals surface area contributed by atoms with Gasteiger partial charge in [0.25, 0.3) is 0 Å². The smallest absolute Gasteiger partial charge is 0.224 e. The van der Waals surface area contributed by atoms with Gasteiger partial charge in [0.05, 0.1) is 51.1 Å². The molecule has 0 amide bonds. The molecule has 3 saturated carbocycles. The number of hydrogen-bond donors (Lipinski definition) is 4. The van der Waals surface area contributed by atoms with Crippen molar-refractivity contribution in [1.29, 1.82) is 0 Å². The zero-order valence-corrected chi connectivity index (χ0v) is 29.6. The summed E-state index contributed by atoms with van der Waals surface area (Å²) >= 11 is 1.52. The highest BCUT2D eigenvalue weighted by Gasteiger charge is 2.45. The van der Waals surface area contributed by atoms with Crippen molar-refractivity contribution in [2.45, 2.75) is 68.1 Å². The molecule has 11 nitrogen and oxygen atoms in total. The Bertz CT molecular complexity index is 2160. The zero-order chi connectivity index (χ0) is 35.3. The number of hydrogen-bond acceptors (Lipinski definition) is 12. The predicted octanol–water partition coefficient (Wildman–Crippen LogP) is 5.74. The molecule has 0 radical (unpaired) electrons. The van der Waals surface area contributed by atoms with Gasteiger partial charge in [-0.2, -0.15) is 4.98 Å². The van der Waals surface area contributed by atoms with Crippen LogP contribution in [0.2, 0.25) is 0 Å². The number of benzene rings is 2. The number of fused-ring (bicyclic) bond motifs is 1. The Morgan fingerprint density at radius 3 is 2.49 bits per heavy atom. The van der Waals surface area contributed by atoms with Crippen molar-refractivity contribution in [2.75, 3.05) is 29.5 Å². The Hall–Kier alpha value is -4.24. The van der Waals surface area contributed by atoms with Gasteiger partial charge < -0.3 is 25.6 Å². The van der Waals surface area contributed by atoms with Crippen molar-refractivity contribution < 1.29 is 27.8 Å². The van der Waals surface area contributed by atoms with Gasteiger partial charge in [-0.1, -0.05) is 18.2 Å². The molecule has 266 valence electrons. The first-order chi connectivity index (χ1) is 24.6. The fraction of sp³-hybridized carbons (Fsp3) is 0.405. The van der Waals surface area contributed by atoms with E-state index in [0.717, 1.165) is 59.5 Å². The van der Waals surface area contributed by atoms with E-state index in [2.05, 4.69) is 15.6 Å². The van der Waals surface area contributed by atoms with Gasteiger partial charge in [0.15, 0.2) is 9.84 Å². The molecule has 51 heavy (non-hydrogen) atoms. The molecule has 4 atom stereocenters. The second-order valence-electron chi connectivity index (χ2n) is 14.1. The minimum Gasteiger partial charge on any atom is -0.493 e. The van der Waals surface area contributed by atoms with Crippen LogP contribution in [-0.2, 0) is 9.84 Å². The summed E-state index contributed by atoms with van der Waals surface area (Å²) in [7, 11) is -3.86. The van der Waals surface area contributed by atoms with Crippen LogP contribution in [0.5, 0.6) is 5.75 Å². The summed E-state index contributed by atoms with van der Waals surface area (Å²) < 4.78 is 47.0. The average Bonchev–Trinajstić information content (AvgIpc) is 4.05. The molecular weight excluding hydrogens is 692 g/mol. The molecule has 2 aromatic carbocycles. The lowest BCUT2D eigenvalue weighted by Crippen LogP contribution is -2.36. The van der Waals surface area contributed by atoms with Crippen LogP contribution in [0.25, 0.3) is 20.8 Å². The number of pyridine rings is 1. The van der Waals surface area contributed by atoms with Gasteiger partial charge in [0, 0.05) is 30.0 Å². The summed E-state index contributed by atoms with van der Waals surface area (Å²) in [5.41, 5.74) is 3.15. The molecule has 0 spiro atoms. The molecule has 3 aromatic heterocycles. The molecular formula is C37H39FN6O5S2. The van der Waals surface area contributed by atoms with E-state index in [1.807, 2.05) is 49.5 Å². The quantitative estimate of drug-likeness (QED) is 0.110. The normalized spacial score (nSPS) is 22.6. The summed E-state index contributed by atoms with van der Waals surface area (Å²) in [6, 6.07) is 15.6. The number of rotatable bonds is 13. The molecule has 0 unspecified atom stereocenters. The van der Waals surface area contributed by atoms with E-state index in [1.54, 1.807) is 0 Å². The number of nitrogens with zero attached hydrogens (tertiary/aromatic N) is 4. The number of para-hydroxylation sites is 1. The van der Waals surface area contributed by atoms with Crippen LogP contribution in [0.15, 0.2) is 71.8 Å². The third kappa shape index (κ3) is 7.14. The van der Waals surface area contributed by atoms with Crippen LogP contribution >= 0.6 is 11.3 Å². The lowest BCUT2D eigenvalue weighted by atomic mass is 10.1. The first kappa shape index (κ1) is 33.9. The van der Waals surface area contributed by atoms with E-state index in [9.17, 15) is 23.0 Å². The zero-order valence-electron chi connectivity index (χ0n) is 28.0. The van der Waals surface area contributed by atoms with E-state index >= 15 is 0 Å². The number of halogens is 1. The molecule has 5 aromatic rings. The van der Waals surface area contributed by atoms with Gasteiger partial charge in [0.2, 0.25) is 5.95 Å². The van der Waals surface area contributed by atoms with Crippen molar-refractivity contribution in [2.24, 2.45) is 11.3 Å². The highest BCUT2D eigenvalue weighted by molar-refractivity contribution is 7.91. The molecule has 3 fully saturated rings. The van der Waals surface area contributed by atoms with Crippen LogP contribution in [0.4, 0.5) is 16.2 Å². The first-order valence-electron chi connectivity index (χ1n) is 17.2. The minimum atomic E-state index is -3.86. The Morgan fingerprint density at radius 2 is 1.76 bits per heavy atom. The van der Waals surface area contributed by atoms with E-state index in [1.165, 1.54) is 23.5 Å². The Morgan fingerprint density at radius 1 is 1.00 bits per heavy atom. The maximum atomic E-state index is 13.5. The van der Waals surface area contributed by atoms with Crippen LogP contribution in [0.1, 0.15) is 49.4 Å². The minimum absolute atomic E-state index is 0.0371. The monoisotopic (exact) mass is 730 g/mol. The second kappa shape index (κ2) is 13.4. The summed E-state index contributed by atoms with van der Waals surface area (Å²) in [5, 5.41) is 29.8. The van der Waals surface area contributed by atoms with Crippen LogP contribution < -0.4 is 15.4 Å². The van der Waals surface area contributed by atoms with Crippen LogP contribution in [-0.4, -0.2) is 75.7 Å². The van der Waals surface area contributed by atoms with Gasteiger partial charge in [-0.05, 0) is 81.5 Å². The van der Waals surface area contributed by atoms with Crippen molar-refractivity contribution in [3.8, 4) is 16.3 Å². The molecule has 8 rings (SSSR count). The van der Waals surface area contributed by atoms with Crippen molar-refractivity contribution >= 4 is 43.2 Å². The van der Waals surface area contributed by atoms with Crippen LogP contribution in [0, 0.1) is 24.1 Å². The fourth-order valence-corrected chi connectivity index (χ4v) is 9.55. The standard InChI is InChI=1S/C37H39FN6O5S2/c1-21-29(35-43-31-28(50-35)13-16-39-30(31)22-7-8-22)34(44-36(41-21)40-19-37(14-15-37)20-49-25-5-3-2-4-6-25)42-27-17-23(32(45)33(27)46)18-51(47,48)26-11-9-24(38)10-12-26/h2-6,9-13,16,22-23,27,32-33,45-46H,7-8,14-15,17-20H2,1H3,(H2,40,41,42,44)/t23-,27-,32-,33+/m1/s1. The van der Waals surface area contributed by atoms with E-state index in [0.29, 0.717) is 47.1 Å². The summed E-state index contributed by atoms with van der Waals surface area (Å²) in [6.07, 6.45) is 3.58. The molecule has 14 heteroatoms. The lowest BCUT2D eigenvalue weighted by Gasteiger charge is -2.22. The van der Waals surface area contributed by atoms with Crippen molar-refractivity contribution in [3.05, 3.63) is 84.1 Å². The highest BCUT2D eigenvalue weighted by Crippen LogP contribution is 2.47. The Balaban J connectivity index is 1.07. The number of ether oxygens (including phenoxy) is 1. The molecule has 0 saturated heterocycles. The number of nitrogens with one attached hydrogen (secondary N) is 2. The largest absolute Gasteiger partial charge is 0.493 e. The number of anilines is 2. The molecule has 0 bridgehead atoms. The Labute approximate surface area is 299 Å². The SMILES string of the molecule is Cc1nc(NCC2(COc3ccccc3)CC2)nc(N[C@@H]2C[C@H](CS(=O)(=O)c3ccc(F)cc3)[C@@H](O)[C@H]2O)c1-c1nc2c(C3CC3)nccc2s1. The third-order valence-corrected chi connectivity index (χ3v) is 13.1. The van der Waals surface area contributed by atoms with Gasteiger partial charge in [0.1, 0.15) is 34.0 Å². The number of thiazole rings is 1. The van der Waals surface area contributed by atoms with Gasteiger partial charge in [-0.25, -0.2) is 22.8 Å². The fourth-order valence-electron chi connectivity index (χ4n) is 6.85. The second-order valence-corrected chi connectivity index (χ2v) is 17.2. The average molecular weight is 731 g/mol. The molecule has 4 N–H and O–H groups in total. The Kier molecular flexibility index (Phi) is 8.89. The maximum absolute atomic E-state index is 13.5. The van der Waals surface area contributed by atoms with Gasteiger partial charge in [-0.3, -0.25) is 4.98 Å². The van der Waals surface area contributed by atoms with E-state index in [4.69, 9.17) is 19.7 Å². The maximum Gasteiger partial charge on any atom is 0.224 e. The molecule has 3 heterocycles. The first-order valence-corrected chi connectivity index (χ1v) is 19.7. The topological polar surface area (TPSA) is 159 Å². The van der Waals surface area contributed by atoms with E-state index < -0.39 is 45.6 Å². The lowest BCUT2D eigenvalue weighted by molar-refractivity contribution is 0.0216. The number of aryl methyl sites for hydroxylation is 1. The van der Waals surface area contributed by atoms with Crippen molar-refractivity contribution in [1.82, 2.24) is 19.9 Å². The number of aromatic nitrogens is 4. The highest BCUT2D eigenvalue weighted by atomic mass is 32.2. The summed E-state index contributed by atoms with van der Waals surface area (Å²) in [6.45, 7) is 3.05. The van der Waals surface area contributed by atoms with Gasteiger partial charge >= 0.3 is 0 Å². The number of sulfone groups is 1. The van der Waals surface area contributed by atoms with Crippen molar-refractivity contribution in [3.63, 3.8) is 0 Å². The summed E-state index contributed by atoms with van der Waals surface area (Å²) in [5.74, 6) is 0.334. The third-order valence-electron chi connectivity index (χ3n) is 10.2. The molecule has 3 aliphatic carbocycles. The number of aliphatic hydroxyl groups is 2. The molecule has 0 aliphatic heterocycles. The number of aliphatic hydroxyl groups excluding tert-OH is 2.